The first-order valence-corrected chi connectivity index (χ1v) is 7.22. The van der Waals surface area contributed by atoms with E-state index in [1.165, 1.54) is 22.9 Å². The van der Waals surface area contributed by atoms with E-state index in [2.05, 4.69) is 5.32 Å². The van der Waals surface area contributed by atoms with E-state index in [1.807, 2.05) is 0 Å². The first-order valence-electron chi connectivity index (χ1n) is 5.51. The largest absolute Gasteiger partial charge is 0.398 e. The number of pyridine rings is 1. The van der Waals surface area contributed by atoms with Gasteiger partial charge in [-0.3, -0.25) is 9.59 Å². The number of rotatable bonds is 6. The highest BCUT2D eigenvalue weighted by molar-refractivity contribution is 7.89. The van der Waals surface area contributed by atoms with E-state index in [1.54, 1.807) is 0 Å². The van der Waals surface area contributed by atoms with E-state index >= 15 is 0 Å². The van der Waals surface area contributed by atoms with E-state index in [-0.39, 0.29) is 30.8 Å². The number of hydrogen-bond acceptors (Lipinski definition) is 5. The predicted octanol–water partition coefficient (Wildman–Crippen LogP) is -1.77. The normalized spacial score (nSPS) is 11.2. The van der Waals surface area contributed by atoms with Gasteiger partial charge >= 0.3 is 0 Å². The number of carbonyl (C=O) groups excluding carboxylic acids is 1. The molecule has 9 heteroatoms. The van der Waals surface area contributed by atoms with Crippen molar-refractivity contribution in [2.24, 2.45) is 5.14 Å². The van der Waals surface area contributed by atoms with Crippen LogP contribution >= 0.6 is 0 Å². The van der Waals surface area contributed by atoms with Crippen LogP contribution in [0.2, 0.25) is 0 Å². The minimum atomic E-state index is -3.52. The van der Waals surface area contributed by atoms with Crippen LogP contribution in [0.15, 0.2) is 23.1 Å². The quantitative estimate of drug-likeness (QED) is 0.532. The van der Waals surface area contributed by atoms with Crippen molar-refractivity contribution in [3.63, 3.8) is 0 Å². The van der Waals surface area contributed by atoms with Crippen LogP contribution in [0.25, 0.3) is 0 Å². The Balaban J connectivity index is 2.43. The summed E-state index contributed by atoms with van der Waals surface area (Å²) >= 11 is 0. The van der Waals surface area contributed by atoms with Crippen molar-refractivity contribution in [2.45, 2.75) is 13.0 Å². The molecule has 19 heavy (non-hydrogen) atoms. The summed E-state index contributed by atoms with van der Waals surface area (Å²) in [6, 6.07) is 2.71. The second kappa shape index (κ2) is 6.34. The Morgan fingerprint density at radius 2 is 2.05 bits per heavy atom. The molecular formula is C10H16N4O4S. The molecule has 106 valence electrons. The lowest BCUT2D eigenvalue weighted by Crippen LogP contribution is -2.33. The second-order valence-electron chi connectivity index (χ2n) is 4.00. The SMILES string of the molecule is Nc1ccc(=O)n(CC(=O)NCCCS(N)(=O)=O)c1. The lowest BCUT2D eigenvalue weighted by Gasteiger charge is -2.07. The number of hydrogen-bond donors (Lipinski definition) is 3. The summed E-state index contributed by atoms with van der Waals surface area (Å²) < 4.78 is 22.5. The number of amides is 1. The molecule has 0 aromatic carbocycles. The minimum Gasteiger partial charge on any atom is -0.398 e. The second-order valence-corrected chi connectivity index (χ2v) is 5.73. The molecule has 1 rings (SSSR count). The number of primary sulfonamides is 1. The van der Waals surface area contributed by atoms with Crippen molar-refractivity contribution < 1.29 is 13.2 Å². The summed E-state index contributed by atoms with van der Waals surface area (Å²) in [5.41, 5.74) is 5.54. The van der Waals surface area contributed by atoms with Crippen LogP contribution in [-0.4, -0.2) is 31.2 Å². The third-order valence-corrected chi connectivity index (χ3v) is 3.11. The van der Waals surface area contributed by atoms with Crippen LogP contribution < -0.4 is 21.7 Å². The highest BCUT2D eigenvalue weighted by Crippen LogP contribution is 1.95. The molecule has 5 N–H and O–H groups in total. The Morgan fingerprint density at radius 1 is 1.37 bits per heavy atom. The highest BCUT2D eigenvalue weighted by atomic mass is 32.2. The molecule has 0 fully saturated rings. The molecule has 0 aliphatic carbocycles. The Labute approximate surface area is 110 Å². The van der Waals surface area contributed by atoms with E-state index < -0.39 is 15.9 Å². The maximum absolute atomic E-state index is 11.5. The number of nitrogens with two attached hydrogens (primary N) is 2. The van der Waals surface area contributed by atoms with Crippen molar-refractivity contribution in [1.29, 1.82) is 0 Å². The van der Waals surface area contributed by atoms with Crippen molar-refractivity contribution in [3.05, 3.63) is 28.7 Å². The summed E-state index contributed by atoms with van der Waals surface area (Å²) in [6.07, 6.45) is 1.59. The highest BCUT2D eigenvalue weighted by Gasteiger charge is 2.06. The monoisotopic (exact) mass is 288 g/mol. The Bertz CT molecular complexity index is 608. The molecule has 0 spiro atoms. The maximum atomic E-state index is 11.5. The van der Waals surface area contributed by atoms with E-state index in [0.717, 1.165) is 0 Å². The fraction of sp³-hybridized carbons (Fsp3) is 0.400. The zero-order valence-corrected chi connectivity index (χ0v) is 11.0. The Morgan fingerprint density at radius 3 is 2.68 bits per heavy atom. The van der Waals surface area contributed by atoms with Crippen molar-refractivity contribution >= 4 is 21.6 Å². The maximum Gasteiger partial charge on any atom is 0.251 e. The summed E-state index contributed by atoms with van der Waals surface area (Å²) in [7, 11) is -3.52. The van der Waals surface area contributed by atoms with Crippen LogP contribution in [0.3, 0.4) is 0 Å². The average molecular weight is 288 g/mol. The number of aromatic nitrogens is 1. The molecule has 0 unspecified atom stereocenters. The summed E-state index contributed by atoms with van der Waals surface area (Å²) in [5.74, 6) is -0.604. The van der Waals surface area contributed by atoms with Crippen LogP contribution in [-0.2, 0) is 21.4 Å². The fourth-order valence-electron chi connectivity index (χ4n) is 1.39. The van der Waals surface area contributed by atoms with E-state index in [9.17, 15) is 18.0 Å². The molecule has 1 aromatic heterocycles. The molecule has 0 bridgehead atoms. The Kier molecular flexibility index (Phi) is 5.07. The number of nitrogens with zero attached hydrogens (tertiary/aromatic N) is 1. The van der Waals surface area contributed by atoms with Crippen LogP contribution in [0, 0.1) is 0 Å². The minimum absolute atomic E-state index is 0.167. The summed E-state index contributed by atoms with van der Waals surface area (Å²) in [6.45, 7) is 0.00553. The number of sulfonamides is 1. The fourth-order valence-corrected chi connectivity index (χ4v) is 1.93. The first-order chi connectivity index (χ1) is 8.78. The zero-order valence-electron chi connectivity index (χ0n) is 10.2. The van der Waals surface area contributed by atoms with Crippen LogP contribution in [0.1, 0.15) is 6.42 Å². The van der Waals surface area contributed by atoms with Crippen LogP contribution in [0.4, 0.5) is 5.69 Å². The average Bonchev–Trinajstić information content (AvgIpc) is 2.28. The number of carbonyl (C=O) groups is 1. The topological polar surface area (TPSA) is 137 Å². The Hall–Kier alpha value is -1.87. The predicted molar refractivity (Wildman–Crippen MR) is 70.7 cm³/mol. The van der Waals surface area contributed by atoms with Gasteiger partial charge in [0, 0.05) is 24.5 Å². The summed E-state index contributed by atoms with van der Waals surface area (Å²) in [4.78, 5) is 22.9. The molecule has 1 amide bonds. The van der Waals surface area contributed by atoms with E-state index in [0.29, 0.717) is 5.69 Å². The number of nitrogens with one attached hydrogen (secondary N) is 1. The molecule has 0 saturated heterocycles. The first kappa shape index (κ1) is 15.2. The van der Waals surface area contributed by atoms with Gasteiger partial charge in [-0.1, -0.05) is 0 Å². The molecule has 0 aliphatic heterocycles. The van der Waals surface area contributed by atoms with Gasteiger partial charge in [0.25, 0.3) is 5.56 Å². The van der Waals surface area contributed by atoms with Gasteiger partial charge in [-0.25, -0.2) is 13.6 Å². The molecule has 0 saturated carbocycles. The van der Waals surface area contributed by atoms with E-state index in [4.69, 9.17) is 10.9 Å². The number of nitrogen functional groups attached to an aromatic ring is 1. The van der Waals surface area contributed by atoms with Gasteiger partial charge in [0.1, 0.15) is 6.54 Å². The lowest BCUT2D eigenvalue weighted by molar-refractivity contribution is -0.121. The lowest BCUT2D eigenvalue weighted by atomic mass is 10.4. The summed E-state index contributed by atoms with van der Waals surface area (Å²) in [5, 5.41) is 7.30. The van der Waals surface area contributed by atoms with Gasteiger partial charge in [0.2, 0.25) is 15.9 Å². The van der Waals surface area contributed by atoms with Gasteiger partial charge in [0.05, 0.1) is 5.75 Å². The van der Waals surface area contributed by atoms with Crippen LogP contribution in [0.5, 0.6) is 0 Å². The van der Waals surface area contributed by atoms with Crippen molar-refractivity contribution in [1.82, 2.24) is 9.88 Å². The third-order valence-electron chi connectivity index (χ3n) is 2.25. The molecular weight excluding hydrogens is 272 g/mol. The van der Waals surface area contributed by atoms with Gasteiger partial charge in [0.15, 0.2) is 0 Å². The van der Waals surface area contributed by atoms with Crippen molar-refractivity contribution in [3.8, 4) is 0 Å². The smallest absolute Gasteiger partial charge is 0.251 e. The van der Waals surface area contributed by atoms with Gasteiger partial charge < -0.3 is 15.6 Å². The molecule has 1 aromatic rings. The van der Waals surface area contributed by atoms with Gasteiger partial charge in [-0.2, -0.15) is 0 Å². The zero-order chi connectivity index (χ0) is 14.5. The van der Waals surface area contributed by atoms with Gasteiger partial charge in [-0.15, -0.1) is 0 Å². The number of anilines is 1. The standard InChI is InChI=1S/C10H16N4O4S/c11-8-2-3-10(16)14(6-8)7-9(15)13-4-1-5-19(12,17)18/h2-3,6H,1,4-5,7,11H2,(H,13,15)(H2,12,17,18). The molecule has 0 atom stereocenters. The molecule has 8 nitrogen and oxygen atoms in total. The molecule has 0 aliphatic rings. The molecule has 1 heterocycles. The third kappa shape index (κ3) is 6.02. The molecule has 0 radical (unpaired) electrons. The van der Waals surface area contributed by atoms with Crippen molar-refractivity contribution in [2.75, 3.05) is 18.0 Å². The van der Waals surface area contributed by atoms with Gasteiger partial charge in [-0.05, 0) is 12.5 Å².